The van der Waals surface area contributed by atoms with Crippen LogP contribution in [0.5, 0.6) is 0 Å². The summed E-state index contributed by atoms with van der Waals surface area (Å²) >= 11 is 0. The number of rotatable bonds is 4. The molecule has 12 heavy (non-hydrogen) atoms. The zero-order valence-electron chi connectivity index (χ0n) is 6.80. The van der Waals surface area contributed by atoms with E-state index in [0.717, 1.165) is 0 Å². The fraction of sp³-hybridized carbons (Fsp3) is 1.00. The van der Waals surface area contributed by atoms with Crippen molar-refractivity contribution < 1.29 is 23.4 Å². The monoisotopic (exact) mass is 186 g/mol. The fourth-order valence-corrected chi connectivity index (χ4v) is 0.842. The zero-order valence-corrected chi connectivity index (χ0v) is 6.80. The van der Waals surface area contributed by atoms with Crippen LogP contribution in [0.3, 0.4) is 0 Å². The maximum atomic E-state index is 11.7. The van der Waals surface area contributed by atoms with E-state index in [4.69, 9.17) is 10.2 Å². The second-order valence-corrected chi connectivity index (χ2v) is 2.74. The summed E-state index contributed by atoms with van der Waals surface area (Å²) < 4.78 is 35.1. The molecule has 0 aromatic carbocycles. The van der Waals surface area contributed by atoms with Gasteiger partial charge in [-0.25, -0.2) is 0 Å². The van der Waals surface area contributed by atoms with Gasteiger partial charge >= 0.3 is 6.18 Å². The van der Waals surface area contributed by atoms with Crippen molar-refractivity contribution in [2.24, 2.45) is 0 Å². The molecule has 2 unspecified atom stereocenters. The van der Waals surface area contributed by atoms with E-state index in [9.17, 15) is 13.2 Å². The smallest absolute Gasteiger partial charge is 0.393 e. The molecule has 0 amide bonds. The third-order valence-electron chi connectivity index (χ3n) is 1.50. The van der Waals surface area contributed by atoms with E-state index in [-0.39, 0.29) is 6.42 Å². The normalized spacial score (nSPS) is 17.5. The number of hydrogen-bond acceptors (Lipinski definition) is 2. The van der Waals surface area contributed by atoms with Crippen LogP contribution in [-0.4, -0.2) is 28.6 Å². The molecule has 0 aromatic rings. The minimum atomic E-state index is -4.62. The highest BCUT2D eigenvalue weighted by atomic mass is 19.4. The van der Waals surface area contributed by atoms with Gasteiger partial charge in [0.05, 0.1) is 6.10 Å². The van der Waals surface area contributed by atoms with Crippen LogP contribution in [0, 0.1) is 0 Å². The summed E-state index contributed by atoms with van der Waals surface area (Å²) in [4.78, 5) is 0. The second-order valence-electron chi connectivity index (χ2n) is 2.74. The highest BCUT2D eigenvalue weighted by molar-refractivity contribution is 4.69. The summed E-state index contributed by atoms with van der Waals surface area (Å²) in [5.41, 5.74) is 0. The first-order valence-electron chi connectivity index (χ1n) is 3.80. The minimum Gasteiger partial charge on any atom is -0.393 e. The van der Waals surface area contributed by atoms with Crippen LogP contribution in [-0.2, 0) is 0 Å². The highest BCUT2D eigenvalue weighted by Crippen LogP contribution is 2.23. The van der Waals surface area contributed by atoms with E-state index in [0.29, 0.717) is 6.42 Å². The summed E-state index contributed by atoms with van der Waals surface area (Å²) in [6, 6.07) is 0. The molecule has 0 radical (unpaired) electrons. The quantitative estimate of drug-likeness (QED) is 0.697. The first kappa shape index (κ1) is 11.7. The summed E-state index contributed by atoms with van der Waals surface area (Å²) in [7, 11) is 0. The third kappa shape index (κ3) is 4.56. The van der Waals surface area contributed by atoms with Crippen molar-refractivity contribution in [1.82, 2.24) is 0 Å². The van der Waals surface area contributed by atoms with Crippen molar-refractivity contribution in [2.75, 3.05) is 0 Å². The molecule has 0 fully saturated rings. The SMILES string of the molecule is CCCC(O)CC(O)C(F)(F)F. The van der Waals surface area contributed by atoms with E-state index >= 15 is 0 Å². The van der Waals surface area contributed by atoms with Crippen LogP contribution >= 0.6 is 0 Å². The molecule has 0 bridgehead atoms. The molecule has 0 aliphatic heterocycles. The maximum Gasteiger partial charge on any atom is 0.414 e. The van der Waals surface area contributed by atoms with Gasteiger partial charge in [-0.15, -0.1) is 0 Å². The lowest BCUT2D eigenvalue weighted by Gasteiger charge is -2.17. The van der Waals surface area contributed by atoms with Gasteiger partial charge in [-0.05, 0) is 6.42 Å². The van der Waals surface area contributed by atoms with Crippen LogP contribution in [0.1, 0.15) is 26.2 Å². The van der Waals surface area contributed by atoms with Gasteiger partial charge in [0.1, 0.15) is 0 Å². The first-order valence-corrected chi connectivity index (χ1v) is 3.80. The molecule has 0 saturated heterocycles. The number of hydrogen-bond donors (Lipinski definition) is 2. The molecule has 5 heteroatoms. The van der Waals surface area contributed by atoms with Crippen molar-refractivity contribution in [3.63, 3.8) is 0 Å². The summed E-state index contributed by atoms with van der Waals surface area (Å²) in [5, 5.41) is 17.4. The zero-order chi connectivity index (χ0) is 9.78. The molecule has 74 valence electrons. The first-order chi connectivity index (χ1) is 5.38. The van der Waals surface area contributed by atoms with Gasteiger partial charge in [-0.2, -0.15) is 13.2 Å². The van der Waals surface area contributed by atoms with E-state index in [1.807, 2.05) is 0 Å². The Morgan fingerprint density at radius 3 is 2.08 bits per heavy atom. The van der Waals surface area contributed by atoms with Gasteiger partial charge in [0, 0.05) is 6.42 Å². The third-order valence-corrected chi connectivity index (χ3v) is 1.50. The lowest BCUT2D eigenvalue weighted by Crippen LogP contribution is -2.32. The summed E-state index contributed by atoms with van der Waals surface area (Å²) in [6.45, 7) is 1.75. The largest absolute Gasteiger partial charge is 0.414 e. The topological polar surface area (TPSA) is 40.5 Å². The molecule has 0 aliphatic carbocycles. The van der Waals surface area contributed by atoms with Crippen LogP contribution in [0.2, 0.25) is 0 Å². The Labute approximate surface area is 69.0 Å². The predicted octanol–water partition coefficient (Wildman–Crippen LogP) is 1.46. The van der Waals surface area contributed by atoms with Gasteiger partial charge < -0.3 is 10.2 Å². The average Bonchev–Trinajstić information content (AvgIpc) is 1.85. The molecule has 0 heterocycles. The van der Waals surface area contributed by atoms with Crippen molar-refractivity contribution in [2.45, 2.75) is 44.6 Å². The molecule has 0 rings (SSSR count). The Kier molecular flexibility index (Phi) is 4.55. The summed E-state index contributed by atoms with van der Waals surface area (Å²) in [5.74, 6) is 0. The maximum absolute atomic E-state index is 11.7. The van der Waals surface area contributed by atoms with Gasteiger partial charge in [0.25, 0.3) is 0 Å². The molecule has 0 saturated carbocycles. The van der Waals surface area contributed by atoms with Crippen LogP contribution in [0.4, 0.5) is 13.2 Å². The van der Waals surface area contributed by atoms with Crippen molar-refractivity contribution in [3.8, 4) is 0 Å². The van der Waals surface area contributed by atoms with Gasteiger partial charge in [0.15, 0.2) is 6.10 Å². The number of aliphatic hydroxyl groups excluding tert-OH is 2. The lowest BCUT2D eigenvalue weighted by atomic mass is 10.1. The molecular formula is C7H13F3O2. The molecule has 0 aliphatic rings. The number of halogens is 3. The van der Waals surface area contributed by atoms with Gasteiger partial charge in [-0.3, -0.25) is 0 Å². The molecule has 0 aromatic heterocycles. The highest BCUT2D eigenvalue weighted by Gasteiger charge is 2.38. The Balaban J connectivity index is 3.76. The molecular weight excluding hydrogens is 173 g/mol. The van der Waals surface area contributed by atoms with E-state index < -0.39 is 24.8 Å². The van der Waals surface area contributed by atoms with Crippen molar-refractivity contribution >= 4 is 0 Å². The van der Waals surface area contributed by atoms with Crippen LogP contribution in [0.15, 0.2) is 0 Å². The van der Waals surface area contributed by atoms with Crippen LogP contribution < -0.4 is 0 Å². The van der Waals surface area contributed by atoms with Gasteiger partial charge in [-0.1, -0.05) is 13.3 Å². The Morgan fingerprint density at radius 1 is 1.25 bits per heavy atom. The molecule has 2 atom stereocenters. The average molecular weight is 186 g/mol. The van der Waals surface area contributed by atoms with Gasteiger partial charge in [0.2, 0.25) is 0 Å². The minimum absolute atomic E-state index is 0.285. The van der Waals surface area contributed by atoms with Crippen molar-refractivity contribution in [1.29, 1.82) is 0 Å². The standard InChI is InChI=1S/C7H13F3O2/c1-2-3-5(11)4-6(12)7(8,9)10/h5-6,11-12H,2-4H2,1H3. The van der Waals surface area contributed by atoms with E-state index in [2.05, 4.69) is 0 Å². The second kappa shape index (κ2) is 4.67. The van der Waals surface area contributed by atoms with Crippen LogP contribution in [0.25, 0.3) is 0 Å². The lowest BCUT2D eigenvalue weighted by molar-refractivity contribution is -0.211. The van der Waals surface area contributed by atoms with E-state index in [1.165, 1.54) is 0 Å². The van der Waals surface area contributed by atoms with Crippen molar-refractivity contribution in [3.05, 3.63) is 0 Å². The molecule has 0 spiro atoms. The number of alkyl halides is 3. The number of aliphatic hydroxyl groups is 2. The fourth-order valence-electron chi connectivity index (χ4n) is 0.842. The van der Waals surface area contributed by atoms with E-state index in [1.54, 1.807) is 6.92 Å². The Hall–Kier alpha value is -0.290. The molecule has 2 N–H and O–H groups in total. The molecule has 2 nitrogen and oxygen atoms in total. The Morgan fingerprint density at radius 2 is 1.75 bits per heavy atom. The summed E-state index contributed by atoms with van der Waals surface area (Å²) in [6.07, 6.45) is -7.82. The Bertz CT molecular complexity index is 124. The predicted molar refractivity (Wildman–Crippen MR) is 37.6 cm³/mol.